The van der Waals surface area contributed by atoms with Crippen LogP contribution in [0.15, 0.2) is 30.3 Å². The van der Waals surface area contributed by atoms with Crippen molar-refractivity contribution in [2.45, 2.75) is 37.6 Å². The lowest BCUT2D eigenvalue weighted by Crippen LogP contribution is -2.42. The Morgan fingerprint density at radius 2 is 1.83 bits per heavy atom. The molecule has 1 atom stereocenters. The number of ether oxygens (including phenoxy) is 1. The van der Waals surface area contributed by atoms with Crippen molar-refractivity contribution in [2.24, 2.45) is 0 Å². The van der Waals surface area contributed by atoms with Gasteiger partial charge in [-0.25, -0.2) is 0 Å². The van der Waals surface area contributed by atoms with Gasteiger partial charge in [-0.1, -0.05) is 53.2 Å². The molecule has 0 radical (unpaired) electrons. The molecule has 0 spiro atoms. The third kappa shape index (κ3) is 3.19. The van der Waals surface area contributed by atoms with Crippen molar-refractivity contribution in [3.05, 3.63) is 35.9 Å². The first-order valence-corrected chi connectivity index (χ1v) is 6.71. The topological polar surface area (TPSA) is 43.4 Å². The van der Waals surface area contributed by atoms with Crippen LogP contribution in [0.4, 0.5) is 0 Å². The average Bonchev–Trinajstić information content (AvgIpc) is 2.37. The fourth-order valence-corrected chi connectivity index (χ4v) is 1.85. The van der Waals surface area contributed by atoms with Crippen LogP contribution in [0, 0.1) is 0 Å². The molecule has 4 heteroatoms. The zero-order valence-electron chi connectivity index (χ0n) is 10.8. The first-order chi connectivity index (χ1) is 8.41. The fraction of sp³-hybridized carbons (Fsp3) is 0.429. The van der Waals surface area contributed by atoms with Crippen LogP contribution in [-0.4, -0.2) is 22.2 Å². The molecule has 98 valence electrons. The second-order valence-electron chi connectivity index (χ2n) is 4.30. The van der Waals surface area contributed by atoms with Gasteiger partial charge in [0.1, 0.15) is 0 Å². The van der Waals surface area contributed by atoms with Crippen molar-refractivity contribution in [3.63, 3.8) is 0 Å². The summed E-state index contributed by atoms with van der Waals surface area (Å²) in [7, 11) is 0. The van der Waals surface area contributed by atoms with Crippen LogP contribution in [0.1, 0.15) is 37.6 Å². The largest absolute Gasteiger partial charge is 0.462 e. The molecule has 1 aromatic rings. The summed E-state index contributed by atoms with van der Waals surface area (Å²) in [6.45, 7) is 5.29. The number of ketones is 1. The van der Waals surface area contributed by atoms with E-state index in [9.17, 15) is 9.59 Å². The Morgan fingerprint density at radius 1 is 1.28 bits per heavy atom. The van der Waals surface area contributed by atoms with Crippen LogP contribution in [0.5, 0.6) is 0 Å². The standard InChI is InChI=1S/C14H17BrO3/c1-4-14(15,13(17)18-10(2)3)12(16)11-8-6-5-7-9-11/h5-10H,4H2,1-3H3. The SMILES string of the molecule is CCC(Br)(C(=O)OC(C)C)C(=O)c1ccccc1. The van der Waals surface area contributed by atoms with Crippen molar-refractivity contribution in [1.29, 1.82) is 0 Å². The highest BCUT2D eigenvalue weighted by atomic mass is 79.9. The molecule has 0 bridgehead atoms. The van der Waals surface area contributed by atoms with E-state index in [4.69, 9.17) is 4.74 Å². The molecule has 1 unspecified atom stereocenters. The maximum Gasteiger partial charge on any atom is 0.331 e. The number of carbonyl (C=O) groups is 2. The number of alkyl halides is 1. The van der Waals surface area contributed by atoms with Crippen LogP contribution in [0.2, 0.25) is 0 Å². The van der Waals surface area contributed by atoms with Gasteiger partial charge >= 0.3 is 5.97 Å². The van der Waals surface area contributed by atoms with Gasteiger partial charge in [-0.15, -0.1) is 0 Å². The molecule has 0 N–H and O–H groups in total. The van der Waals surface area contributed by atoms with E-state index in [1.165, 1.54) is 0 Å². The molecule has 0 amide bonds. The number of benzene rings is 1. The first kappa shape index (κ1) is 14.9. The summed E-state index contributed by atoms with van der Waals surface area (Å²) in [5.41, 5.74) is 0.497. The Balaban J connectivity index is 3.01. The van der Waals surface area contributed by atoms with Gasteiger partial charge in [0.15, 0.2) is 10.1 Å². The highest BCUT2D eigenvalue weighted by molar-refractivity contribution is 9.10. The molecule has 0 saturated heterocycles. The molecular weight excluding hydrogens is 296 g/mol. The monoisotopic (exact) mass is 312 g/mol. The lowest BCUT2D eigenvalue weighted by molar-refractivity contribution is -0.148. The lowest BCUT2D eigenvalue weighted by Gasteiger charge is -2.23. The Kier molecular flexibility index (Phi) is 5.08. The minimum Gasteiger partial charge on any atom is -0.462 e. The molecule has 0 aliphatic rings. The number of rotatable bonds is 5. The van der Waals surface area contributed by atoms with Gasteiger partial charge in [0.2, 0.25) is 0 Å². The van der Waals surface area contributed by atoms with E-state index in [0.717, 1.165) is 0 Å². The van der Waals surface area contributed by atoms with Crippen LogP contribution in [0.3, 0.4) is 0 Å². The van der Waals surface area contributed by atoms with Gasteiger partial charge in [-0.3, -0.25) is 9.59 Å². The van der Waals surface area contributed by atoms with Crippen LogP contribution in [-0.2, 0) is 9.53 Å². The van der Waals surface area contributed by atoms with Gasteiger partial charge in [0, 0.05) is 5.56 Å². The second-order valence-corrected chi connectivity index (χ2v) is 5.66. The molecule has 1 rings (SSSR count). The smallest absolute Gasteiger partial charge is 0.331 e. The van der Waals surface area contributed by atoms with E-state index >= 15 is 0 Å². The quantitative estimate of drug-likeness (QED) is 0.362. The lowest BCUT2D eigenvalue weighted by atomic mass is 9.95. The van der Waals surface area contributed by atoms with Crippen molar-refractivity contribution >= 4 is 27.7 Å². The van der Waals surface area contributed by atoms with E-state index in [1.807, 2.05) is 6.07 Å². The summed E-state index contributed by atoms with van der Waals surface area (Å²) in [5, 5.41) is 0. The summed E-state index contributed by atoms with van der Waals surface area (Å²) in [5.74, 6) is -0.801. The first-order valence-electron chi connectivity index (χ1n) is 5.91. The summed E-state index contributed by atoms with van der Waals surface area (Å²) in [6.07, 6.45) is 0.0938. The minimum absolute atomic E-state index is 0.246. The molecule has 0 saturated carbocycles. The van der Waals surface area contributed by atoms with Crippen molar-refractivity contribution in [1.82, 2.24) is 0 Å². The second kappa shape index (κ2) is 6.14. The van der Waals surface area contributed by atoms with Crippen molar-refractivity contribution < 1.29 is 14.3 Å². The number of halogens is 1. The Hall–Kier alpha value is -1.16. The zero-order valence-corrected chi connectivity index (χ0v) is 12.4. The summed E-state index contributed by atoms with van der Waals surface area (Å²) in [6, 6.07) is 8.74. The minimum atomic E-state index is -1.29. The Morgan fingerprint density at radius 3 is 2.28 bits per heavy atom. The molecule has 0 aliphatic heterocycles. The van der Waals surface area contributed by atoms with Gasteiger partial charge in [-0.2, -0.15) is 0 Å². The summed E-state index contributed by atoms with van der Waals surface area (Å²) >= 11 is 3.26. The fourth-order valence-electron chi connectivity index (χ4n) is 1.52. The molecule has 0 heterocycles. The van der Waals surface area contributed by atoms with E-state index in [2.05, 4.69) is 15.9 Å². The summed E-state index contributed by atoms with van der Waals surface area (Å²) < 4.78 is 3.85. The van der Waals surface area contributed by atoms with E-state index < -0.39 is 10.3 Å². The van der Waals surface area contributed by atoms with Gasteiger partial charge in [0.25, 0.3) is 0 Å². The molecule has 18 heavy (non-hydrogen) atoms. The van der Waals surface area contributed by atoms with E-state index in [1.54, 1.807) is 45.0 Å². The van der Waals surface area contributed by atoms with Gasteiger partial charge in [-0.05, 0) is 20.3 Å². The number of carbonyl (C=O) groups excluding carboxylic acids is 2. The number of esters is 1. The molecule has 1 aromatic carbocycles. The van der Waals surface area contributed by atoms with E-state index in [0.29, 0.717) is 12.0 Å². The third-order valence-corrected chi connectivity index (χ3v) is 3.79. The predicted octanol–water partition coefficient (Wildman–Crippen LogP) is 3.36. The molecule has 3 nitrogen and oxygen atoms in total. The van der Waals surface area contributed by atoms with E-state index in [-0.39, 0.29) is 11.9 Å². The predicted molar refractivity (Wildman–Crippen MR) is 73.9 cm³/mol. The molecular formula is C14H17BrO3. The third-order valence-electron chi connectivity index (χ3n) is 2.55. The van der Waals surface area contributed by atoms with Crippen LogP contribution in [0.25, 0.3) is 0 Å². The maximum absolute atomic E-state index is 12.4. The molecule has 0 aromatic heterocycles. The zero-order chi connectivity index (χ0) is 13.8. The maximum atomic E-state index is 12.4. The Labute approximate surface area is 116 Å². The van der Waals surface area contributed by atoms with Crippen molar-refractivity contribution in [2.75, 3.05) is 0 Å². The number of hydrogen-bond acceptors (Lipinski definition) is 3. The van der Waals surface area contributed by atoms with Gasteiger partial charge in [0.05, 0.1) is 6.10 Å². The number of hydrogen-bond donors (Lipinski definition) is 0. The van der Waals surface area contributed by atoms with Crippen LogP contribution < -0.4 is 0 Å². The Bertz CT molecular complexity index is 428. The average molecular weight is 313 g/mol. The molecule has 0 fully saturated rings. The number of Topliss-reactive ketones (excluding diaryl/α,β-unsaturated/α-hetero) is 1. The van der Waals surface area contributed by atoms with Crippen LogP contribution >= 0.6 is 15.9 Å². The van der Waals surface area contributed by atoms with Crippen molar-refractivity contribution in [3.8, 4) is 0 Å². The normalized spacial score (nSPS) is 14.1. The highest BCUT2D eigenvalue weighted by Gasteiger charge is 2.43. The summed E-state index contributed by atoms with van der Waals surface area (Å²) in [4.78, 5) is 24.4. The highest BCUT2D eigenvalue weighted by Crippen LogP contribution is 2.29. The molecule has 0 aliphatic carbocycles. The van der Waals surface area contributed by atoms with Gasteiger partial charge < -0.3 is 4.74 Å².